The van der Waals surface area contributed by atoms with Gasteiger partial charge in [-0.1, -0.05) is 19.1 Å². The van der Waals surface area contributed by atoms with Gasteiger partial charge >= 0.3 is 0 Å². The second-order valence-electron chi connectivity index (χ2n) is 4.12. The minimum atomic E-state index is 0.155. The van der Waals surface area contributed by atoms with E-state index in [-0.39, 0.29) is 17.9 Å². The molecule has 1 aromatic carbocycles. The molecular formula is C13H16ClN3O. The van der Waals surface area contributed by atoms with Gasteiger partial charge in [0.15, 0.2) is 0 Å². The number of nitrogens with one attached hydrogen (secondary N) is 1. The van der Waals surface area contributed by atoms with E-state index >= 15 is 0 Å². The van der Waals surface area contributed by atoms with Crippen LogP contribution in [0.5, 0.6) is 0 Å². The van der Waals surface area contributed by atoms with E-state index in [9.17, 15) is 0 Å². The Morgan fingerprint density at radius 1 is 1.33 bits per heavy atom. The third-order valence-electron chi connectivity index (χ3n) is 2.89. The molecule has 0 saturated carbocycles. The van der Waals surface area contributed by atoms with Crippen molar-refractivity contribution in [3.8, 4) is 0 Å². The summed E-state index contributed by atoms with van der Waals surface area (Å²) in [7, 11) is 0. The topological polar surface area (TPSA) is 58.0 Å². The summed E-state index contributed by atoms with van der Waals surface area (Å²) in [4.78, 5) is 8.41. The molecule has 2 aromatic rings. The van der Waals surface area contributed by atoms with Crippen molar-refractivity contribution in [2.45, 2.75) is 25.8 Å². The predicted octanol–water partition coefficient (Wildman–Crippen LogP) is 2.86. The Balaban J connectivity index is 2.37. The molecule has 0 saturated heterocycles. The smallest absolute Gasteiger partial charge is 0.224 e. The zero-order chi connectivity index (χ0) is 13.0. The van der Waals surface area contributed by atoms with Crippen molar-refractivity contribution >= 4 is 28.3 Å². The summed E-state index contributed by atoms with van der Waals surface area (Å²) in [5.41, 5.74) is 0.818. The maximum absolute atomic E-state index is 9.01. The quantitative estimate of drug-likeness (QED) is 0.816. The second-order valence-corrected chi connectivity index (χ2v) is 4.46. The number of halogens is 1. The zero-order valence-corrected chi connectivity index (χ0v) is 11.0. The monoisotopic (exact) mass is 265 g/mol. The average molecular weight is 266 g/mol. The number of aromatic nitrogens is 2. The van der Waals surface area contributed by atoms with Crippen LogP contribution in [0.1, 0.15) is 19.8 Å². The maximum atomic E-state index is 9.01. The first-order valence-corrected chi connectivity index (χ1v) is 6.42. The Morgan fingerprint density at radius 3 is 2.83 bits per heavy atom. The first-order chi connectivity index (χ1) is 8.74. The molecule has 0 amide bonds. The summed E-state index contributed by atoms with van der Waals surface area (Å²) < 4.78 is 0. The molecular weight excluding hydrogens is 250 g/mol. The Bertz CT molecular complexity index is 533. The highest BCUT2D eigenvalue weighted by Crippen LogP contribution is 2.23. The van der Waals surface area contributed by atoms with Gasteiger partial charge in [0.05, 0.1) is 5.52 Å². The number of aliphatic hydroxyl groups is 1. The molecule has 0 fully saturated rings. The minimum Gasteiger partial charge on any atom is -0.396 e. The van der Waals surface area contributed by atoms with Crippen LogP contribution in [0.25, 0.3) is 10.9 Å². The molecule has 0 aliphatic rings. The van der Waals surface area contributed by atoms with Crippen LogP contribution < -0.4 is 5.32 Å². The number of para-hydroxylation sites is 1. The predicted molar refractivity (Wildman–Crippen MR) is 74.0 cm³/mol. The van der Waals surface area contributed by atoms with Crippen LogP contribution in [0.2, 0.25) is 5.28 Å². The second kappa shape index (κ2) is 5.98. The van der Waals surface area contributed by atoms with Gasteiger partial charge in [-0.3, -0.25) is 0 Å². The van der Waals surface area contributed by atoms with Crippen molar-refractivity contribution in [1.29, 1.82) is 0 Å². The molecule has 1 heterocycles. The molecule has 4 nitrogen and oxygen atoms in total. The van der Waals surface area contributed by atoms with E-state index in [1.807, 2.05) is 24.3 Å². The molecule has 0 radical (unpaired) electrons. The number of nitrogens with zero attached hydrogens (tertiary/aromatic N) is 2. The molecule has 96 valence electrons. The summed E-state index contributed by atoms with van der Waals surface area (Å²) >= 11 is 5.92. The van der Waals surface area contributed by atoms with Crippen LogP contribution in [0.15, 0.2) is 24.3 Å². The van der Waals surface area contributed by atoms with E-state index in [1.165, 1.54) is 0 Å². The molecule has 0 aliphatic heterocycles. The van der Waals surface area contributed by atoms with E-state index < -0.39 is 0 Å². The van der Waals surface area contributed by atoms with Gasteiger partial charge in [-0.15, -0.1) is 0 Å². The lowest BCUT2D eigenvalue weighted by Gasteiger charge is -2.17. The molecule has 0 bridgehead atoms. The summed E-state index contributed by atoms with van der Waals surface area (Å²) in [6.07, 6.45) is 1.60. The van der Waals surface area contributed by atoms with E-state index in [2.05, 4.69) is 22.2 Å². The van der Waals surface area contributed by atoms with Crippen LogP contribution >= 0.6 is 11.6 Å². The largest absolute Gasteiger partial charge is 0.396 e. The van der Waals surface area contributed by atoms with Gasteiger partial charge in [-0.05, 0) is 36.6 Å². The van der Waals surface area contributed by atoms with Gasteiger partial charge in [0.25, 0.3) is 0 Å². The normalized spacial score (nSPS) is 12.6. The zero-order valence-electron chi connectivity index (χ0n) is 10.2. The lowest BCUT2D eigenvalue weighted by Crippen LogP contribution is -2.20. The fraction of sp³-hybridized carbons (Fsp3) is 0.385. The van der Waals surface area contributed by atoms with Crippen LogP contribution in [0.3, 0.4) is 0 Å². The lowest BCUT2D eigenvalue weighted by atomic mass is 10.1. The van der Waals surface area contributed by atoms with Gasteiger partial charge < -0.3 is 10.4 Å². The Hall–Kier alpha value is -1.39. The third kappa shape index (κ3) is 2.89. The Kier molecular flexibility index (Phi) is 4.33. The van der Waals surface area contributed by atoms with E-state index in [4.69, 9.17) is 16.7 Å². The third-order valence-corrected chi connectivity index (χ3v) is 3.06. The van der Waals surface area contributed by atoms with E-state index in [1.54, 1.807) is 0 Å². The van der Waals surface area contributed by atoms with Crippen molar-refractivity contribution in [3.05, 3.63) is 29.5 Å². The van der Waals surface area contributed by atoms with Crippen LogP contribution in [0.4, 0.5) is 5.82 Å². The highest BCUT2D eigenvalue weighted by Gasteiger charge is 2.10. The maximum Gasteiger partial charge on any atom is 0.224 e. The molecule has 2 rings (SSSR count). The van der Waals surface area contributed by atoms with Crippen molar-refractivity contribution in [2.75, 3.05) is 11.9 Å². The van der Waals surface area contributed by atoms with Crippen molar-refractivity contribution in [1.82, 2.24) is 9.97 Å². The fourth-order valence-corrected chi connectivity index (χ4v) is 2.06. The number of aliphatic hydroxyl groups excluding tert-OH is 1. The number of fused-ring (bicyclic) bond motifs is 1. The van der Waals surface area contributed by atoms with Crippen LogP contribution in [0, 0.1) is 0 Å². The van der Waals surface area contributed by atoms with Crippen molar-refractivity contribution < 1.29 is 5.11 Å². The highest BCUT2D eigenvalue weighted by atomic mass is 35.5. The van der Waals surface area contributed by atoms with E-state index in [0.29, 0.717) is 6.42 Å². The minimum absolute atomic E-state index is 0.155. The molecule has 5 heteroatoms. The highest BCUT2D eigenvalue weighted by molar-refractivity contribution is 6.28. The van der Waals surface area contributed by atoms with Crippen molar-refractivity contribution in [2.24, 2.45) is 0 Å². The summed E-state index contributed by atoms with van der Waals surface area (Å²) in [6.45, 7) is 2.22. The molecule has 0 aliphatic carbocycles. The van der Waals surface area contributed by atoms with Gasteiger partial charge in [0, 0.05) is 18.0 Å². The summed E-state index contributed by atoms with van der Waals surface area (Å²) in [5.74, 6) is 0.728. The van der Waals surface area contributed by atoms with Gasteiger partial charge in [0.2, 0.25) is 5.28 Å². The molecule has 2 N–H and O–H groups in total. The standard InChI is InChI=1S/C13H16ClN3O/c1-2-9(7-8-18)15-12-10-5-3-4-6-11(10)16-13(14)17-12/h3-6,9,18H,2,7-8H2,1H3,(H,15,16,17). The molecule has 1 unspecified atom stereocenters. The first-order valence-electron chi connectivity index (χ1n) is 6.04. The van der Waals surface area contributed by atoms with Crippen LogP contribution in [-0.4, -0.2) is 27.7 Å². The average Bonchev–Trinajstić information content (AvgIpc) is 2.38. The number of hydrogen-bond donors (Lipinski definition) is 2. The van der Waals surface area contributed by atoms with Gasteiger partial charge in [0.1, 0.15) is 5.82 Å². The number of anilines is 1. The Labute approximate surface area is 111 Å². The summed E-state index contributed by atoms with van der Waals surface area (Å²) in [5, 5.41) is 13.5. The van der Waals surface area contributed by atoms with Crippen LogP contribution in [-0.2, 0) is 0 Å². The van der Waals surface area contributed by atoms with Gasteiger partial charge in [-0.2, -0.15) is 0 Å². The fourth-order valence-electron chi connectivity index (χ4n) is 1.89. The first kappa shape index (κ1) is 13.1. The number of hydrogen-bond acceptors (Lipinski definition) is 4. The SMILES string of the molecule is CCC(CCO)Nc1nc(Cl)nc2ccccc12. The molecule has 1 aromatic heterocycles. The molecule has 18 heavy (non-hydrogen) atoms. The lowest BCUT2D eigenvalue weighted by molar-refractivity contribution is 0.278. The molecule has 1 atom stereocenters. The number of benzene rings is 1. The Morgan fingerprint density at radius 2 is 2.11 bits per heavy atom. The van der Waals surface area contributed by atoms with Gasteiger partial charge in [-0.25, -0.2) is 9.97 Å². The van der Waals surface area contributed by atoms with E-state index in [0.717, 1.165) is 23.1 Å². The molecule has 0 spiro atoms. The van der Waals surface area contributed by atoms with Crippen molar-refractivity contribution in [3.63, 3.8) is 0 Å². The number of rotatable bonds is 5. The summed E-state index contributed by atoms with van der Waals surface area (Å²) in [6, 6.07) is 7.91.